The number of hydrogen-bond donors (Lipinski definition) is 3. The molecule has 1 amide bonds. The van der Waals surface area contributed by atoms with Gasteiger partial charge in [0.25, 0.3) is 0 Å². The van der Waals surface area contributed by atoms with E-state index >= 15 is 0 Å². The van der Waals surface area contributed by atoms with Crippen LogP contribution in [0.15, 0.2) is 36.4 Å². The first kappa shape index (κ1) is 22.3. The Morgan fingerprint density at radius 2 is 1.85 bits per heavy atom. The van der Waals surface area contributed by atoms with Crippen molar-refractivity contribution in [1.82, 2.24) is 15.1 Å². The number of nitrogens with zero attached hydrogens (tertiary/aromatic N) is 2. The Balaban J connectivity index is 0.00000169. The van der Waals surface area contributed by atoms with E-state index in [1.807, 2.05) is 36.4 Å². The number of nitrogens with one attached hydrogen (secondary N) is 1. The van der Waals surface area contributed by atoms with Gasteiger partial charge in [-0.3, -0.25) is 4.79 Å². The van der Waals surface area contributed by atoms with Gasteiger partial charge in [-0.2, -0.15) is 5.10 Å². The van der Waals surface area contributed by atoms with Crippen molar-refractivity contribution in [1.29, 1.82) is 0 Å². The Bertz CT molecular complexity index is 699. The number of halogens is 2. The van der Waals surface area contributed by atoms with Gasteiger partial charge in [0.15, 0.2) is 0 Å². The third kappa shape index (κ3) is 5.13. The number of amides is 1. The van der Waals surface area contributed by atoms with Gasteiger partial charge in [0.1, 0.15) is 5.82 Å². The summed E-state index contributed by atoms with van der Waals surface area (Å²) in [6.07, 6.45) is 5.24. The van der Waals surface area contributed by atoms with Crippen molar-refractivity contribution in [2.75, 3.05) is 12.3 Å². The SMILES string of the molecule is Cl.Cl.Nc1cc(CCCNC(=O)C2(N)CCCC2)nn1-c1ccccc1. The minimum atomic E-state index is -0.653. The van der Waals surface area contributed by atoms with Crippen LogP contribution in [0.25, 0.3) is 5.69 Å². The molecule has 1 fully saturated rings. The quantitative estimate of drug-likeness (QED) is 0.649. The maximum atomic E-state index is 12.1. The third-order valence-corrected chi connectivity index (χ3v) is 4.63. The van der Waals surface area contributed by atoms with Gasteiger partial charge in [0, 0.05) is 12.6 Å². The highest BCUT2D eigenvalue weighted by molar-refractivity contribution is 5.86. The van der Waals surface area contributed by atoms with Crippen LogP contribution in [0.3, 0.4) is 0 Å². The summed E-state index contributed by atoms with van der Waals surface area (Å²) in [5.74, 6) is 0.599. The minimum absolute atomic E-state index is 0. The number of anilines is 1. The number of carbonyl (C=O) groups excluding carboxylic acids is 1. The van der Waals surface area contributed by atoms with Crippen LogP contribution < -0.4 is 16.8 Å². The maximum Gasteiger partial charge on any atom is 0.240 e. The first-order valence-corrected chi connectivity index (χ1v) is 8.55. The molecule has 26 heavy (non-hydrogen) atoms. The summed E-state index contributed by atoms with van der Waals surface area (Å²) < 4.78 is 1.74. The number of carbonyl (C=O) groups is 1. The Morgan fingerprint density at radius 3 is 2.50 bits per heavy atom. The molecule has 144 valence electrons. The molecule has 3 rings (SSSR count). The number of rotatable bonds is 6. The number of nitrogen functional groups attached to an aromatic ring is 1. The Morgan fingerprint density at radius 1 is 1.19 bits per heavy atom. The molecule has 1 heterocycles. The largest absolute Gasteiger partial charge is 0.384 e. The summed E-state index contributed by atoms with van der Waals surface area (Å²) in [6, 6.07) is 11.7. The van der Waals surface area contributed by atoms with Crippen molar-refractivity contribution < 1.29 is 4.79 Å². The zero-order valence-corrected chi connectivity index (χ0v) is 16.3. The van der Waals surface area contributed by atoms with Crippen LogP contribution >= 0.6 is 24.8 Å². The van der Waals surface area contributed by atoms with E-state index in [4.69, 9.17) is 11.5 Å². The fourth-order valence-corrected chi connectivity index (χ4v) is 3.23. The molecule has 0 bridgehead atoms. The van der Waals surface area contributed by atoms with Gasteiger partial charge in [0.2, 0.25) is 5.91 Å². The second-order valence-electron chi connectivity index (χ2n) is 6.53. The summed E-state index contributed by atoms with van der Waals surface area (Å²) in [5, 5.41) is 7.50. The average molecular weight is 400 g/mol. The monoisotopic (exact) mass is 399 g/mol. The van der Waals surface area contributed by atoms with Gasteiger partial charge >= 0.3 is 0 Å². The lowest BCUT2D eigenvalue weighted by atomic mass is 9.98. The first-order valence-electron chi connectivity index (χ1n) is 8.55. The van der Waals surface area contributed by atoms with E-state index in [9.17, 15) is 4.79 Å². The van der Waals surface area contributed by atoms with Crippen molar-refractivity contribution >= 4 is 36.5 Å². The van der Waals surface area contributed by atoms with Crippen LogP contribution in [0.1, 0.15) is 37.8 Å². The van der Waals surface area contributed by atoms with Crippen LogP contribution in [0.5, 0.6) is 0 Å². The number of para-hydroxylation sites is 1. The van der Waals surface area contributed by atoms with Crippen LogP contribution in [0.2, 0.25) is 0 Å². The molecule has 2 aromatic rings. The summed E-state index contributed by atoms with van der Waals surface area (Å²) in [4.78, 5) is 12.1. The van der Waals surface area contributed by atoms with Gasteiger partial charge in [-0.05, 0) is 37.8 Å². The number of aryl methyl sites for hydroxylation is 1. The van der Waals surface area contributed by atoms with E-state index < -0.39 is 5.54 Å². The molecule has 5 N–H and O–H groups in total. The number of hydrogen-bond acceptors (Lipinski definition) is 4. The normalized spacial score (nSPS) is 15.0. The van der Waals surface area contributed by atoms with Crippen molar-refractivity contribution in [3.63, 3.8) is 0 Å². The lowest BCUT2D eigenvalue weighted by Gasteiger charge is -2.22. The summed E-state index contributed by atoms with van der Waals surface area (Å²) >= 11 is 0. The highest BCUT2D eigenvalue weighted by Gasteiger charge is 2.36. The summed E-state index contributed by atoms with van der Waals surface area (Å²) in [6.45, 7) is 0.607. The molecule has 0 unspecified atom stereocenters. The summed E-state index contributed by atoms with van der Waals surface area (Å²) in [7, 11) is 0. The van der Waals surface area contributed by atoms with Crippen molar-refractivity contribution in [3.8, 4) is 5.69 Å². The lowest BCUT2D eigenvalue weighted by Crippen LogP contribution is -2.52. The number of benzene rings is 1. The third-order valence-electron chi connectivity index (χ3n) is 4.63. The van der Waals surface area contributed by atoms with Crippen molar-refractivity contribution in [2.45, 2.75) is 44.1 Å². The van der Waals surface area contributed by atoms with E-state index in [0.29, 0.717) is 12.4 Å². The van der Waals surface area contributed by atoms with E-state index in [0.717, 1.165) is 49.9 Å². The Kier molecular flexibility index (Phi) is 8.40. The molecule has 0 radical (unpaired) electrons. The fraction of sp³-hybridized carbons (Fsp3) is 0.444. The Hall–Kier alpha value is -1.76. The predicted octanol–water partition coefficient (Wildman–Crippen LogP) is 2.62. The highest BCUT2D eigenvalue weighted by atomic mass is 35.5. The van der Waals surface area contributed by atoms with Gasteiger partial charge in [-0.1, -0.05) is 31.0 Å². The van der Waals surface area contributed by atoms with E-state index in [2.05, 4.69) is 10.4 Å². The first-order chi connectivity index (χ1) is 11.6. The molecule has 0 spiro atoms. The minimum Gasteiger partial charge on any atom is -0.384 e. The predicted molar refractivity (Wildman–Crippen MR) is 109 cm³/mol. The van der Waals surface area contributed by atoms with Gasteiger partial charge < -0.3 is 16.8 Å². The van der Waals surface area contributed by atoms with Gasteiger partial charge in [-0.25, -0.2) is 4.68 Å². The smallest absolute Gasteiger partial charge is 0.240 e. The molecule has 8 heteroatoms. The van der Waals surface area contributed by atoms with Crippen molar-refractivity contribution in [2.24, 2.45) is 5.73 Å². The second kappa shape index (κ2) is 9.80. The summed E-state index contributed by atoms with van der Waals surface area (Å²) in [5.41, 5.74) is 13.4. The van der Waals surface area contributed by atoms with Crippen LogP contribution in [-0.2, 0) is 11.2 Å². The van der Waals surface area contributed by atoms with Crippen LogP contribution in [-0.4, -0.2) is 27.8 Å². The zero-order chi connectivity index (χ0) is 17.0. The molecule has 1 saturated carbocycles. The van der Waals surface area contributed by atoms with Gasteiger partial charge in [0.05, 0.1) is 16.9 Å². The number of nitrogens with two attached hydrogens (primary N) is 2. The molecule has 0 aliphatic heterocycles. The average Bonchev–Trinajstić information content (AvgIpc) is 3.19. The molecule has 1 aliphatic rings. The molecule has 6 nitrogen and oxygen atoms in total. The molecule has 1 aliphatic carbocycles. The maximum absolute atomic E-state index is 12.1. The molecular formula is C18H27Cl2N5O. The molecular weight excluding hydrogens is 373 g/mol. The van der Waals surface area contributed by atoms with Crippen LogP contribution in [0.4, 0.5) is 5.82 Å². The highest BCUT2D eigenvalue weighted by Crippen LogP contribution is 2.27. The molecule has 1 aromatic heterocycles. The van der Waals surface area contributed by atoms with Gasteiger partial charge in [-0.15, -0.1) is 24.8 Å². The molecule has 0 atom stereocenters. The number of aromatic nitrogens is 2. The molecule has 1 aromatic carbocycles. The zero-order valence-electron chi connectivity index (χ0n) is 14.7. The van der Waals surface area contributed by atoms with E-state index in [1.54, 1.807) is 4.68 Å². The Labute approximate surface area is 166 Å². The van der Waals surface area contributed by atoms with E-state index in [1.165, 1.54) is 0 Å². The lowest BCUT2D eigenvalue weighted by molar-refractivity contribution is -0.126. The molecule has 0 saturated heterocycles. The van der Waals surface area contributed by atoms with Crippen LogP contribution in [0, 0.1) is 0 Å². The fourth-order valence-electron chi connectivity index (χ4n) is 3.23. The van der Waals surface area contributed by atoms with Crippen molar-refractivity contribution in [3.05, 3.63) is 42.1 Å². The standard InChI is InChI=1S/C18H25N5O.2ClH/c19-16-13-14(22-23(16)15-8-2-1-3-9-15)7-6-12-21-17(24)18(20)10-4-5-11-18;;/h1-3,8-9,13H,4-7,10-12,19-20H2,(H,21,24);2*1H. The topological polar surface area (TPSA) is 99.0 Å². The second-order valence-corrected chi connectivity index (χ2v) is 6.53. The van der Waals surface area contributed by atoms with E-state index in [-0.39, 0.29) is 30.7 Å².